The molecule has 18 heavy (non-hydrogen) atoms. The molecule has 96 valence electrons. The Kier molecular flexibility index (Phi) is 5.00. The van der Waals surface area contributed by atoms with E-state index in [1.54, 1.807) is 12.1 Å². The fourth-order valence-electron chi connectivity index (χ4n) is 1.96. The number of nitrogens with zero attached hydrogens (tertiary/aromatic N) is 2. The minimum absolute atomic E-state index is 0.640. The lowest BCUT2D eigenvalue weighted by Gasteiger charge is -2.26. The van der Waals surface area contributed by atoms with Gasteiger partial charge >= 0.3 is 0 Å². The van der Waals surface area contributed by atoms with Gasteiger partial charge in [-0.1, -0.05) is 6.07 Å². The van der Waals surface area contributed by atoms with Crippen LogP contribution in [0.5, 0.6) is 5.75 Å². The molecular formula is C14H18N2O2. The van der Waals surface area contributed by atoms with Crippen LogP contribution in [0.3, 0.4) is 0 Å². The van der Waals surface area contributed by atoms with E-state index in [-0.39, 0.29) is 0 Å². The predicted octanol–water partition coefficient (Wildman–Crippen LogP) is 1.66. The van der Waals surface area contributed by atoms with Gasteiger partial charge in [-0.05, 0) is 24.6 Å². The van der Waals surface area contributed by atoms with Crippen molar-refractivity contribution in [1.82, 2.24) is 4.90 Å². The third kappa shape index (κ3) is 4.02. The molecule has 0 amide bonds. The fourth-order valence-corrected chi connectivity index (χ4v) is 1.96. The molecule has 0 saturated carbocycles. The van der Waals surface area contributed by atoms with Crippen molar-refractivity contribution < 1.29 is 9.47 Å². The molecule has 4 nitrogen and oxygen atoms in total. The van der Waals surface area contributed by atoms with Gasteiger partial charge in [-0.2, -0.15) is 5.26 Å². The van der Waals surface area contributed by atoms with Crippen LogP contribution in [0, 0.1) is 11.3 Å². The molecule has 1 heterocycles. The van der Waals surface area contributed by atoms with E-state index in [0.717, 1.165) is 45.0 Å². The molecule has 1 aliphatic heterocycles. The zero-order chi connectivity index (χ0) is 12.6. The highest BCUT2D eigenvalue weighted by Crippen LogP contribution is 2.12. The van der Waals surface area contributed by atoms with Crippen molar-refractivity contribution in [3.8, 4) is 11.8 Å². The average molecular weight is 246 g/mol. The Bertz CT molecular complexity index is 409. The van der Waals surface area contributed by atoms with Crippen molar-refractivity contribution in [2.45, 2.75) is 6.42 Å². The normalized spacial score (nSPS) is 16.2. The summed E-state index contributed by atoms with van der Waals surface area (Å²) < 4.78 is 10.9. The Morgan fingerprint density at radius 1 is 1.33 bits per heavy atom. The van der Waals surface area contributed by atoms with Crippen LogP contribution in [0.2, 0.25) is 0 Å². The van der Waals surface area contributed by atoms with Crippen LogP contribution in [-0.2, 0) is 4.74 Å². The van der Waals surface area contributed by atoms with Crippen LogP contribution in [0.15, 0.2) is 24.3 Å². The molecule has 0 N–H and O–H groups in total. The van der Waals surface area contributed by atoms with E-state index >= 15 is 0 Å². The van der Waals surface area contributed by atoms with Gasteiger partial charge in [0.25, 0.3) is 0 Å². The summed E-state index contributed by atoms with van der Waals surface area (Å²) in [4.78, 5) is 2.39. The van der Waals surface area contributed by atoms with Gasteiger partial charge in [0, 0.05) is 19.6 Å². The second-order valence-electron chi connectivity index (χ2n) is 4.30. The first-order valence-corrected chi connectivity index (χ1v) is 6.31. The summed E-state index contributed by atoms with van der Waals surface area (Å²) >= 11 is 0. The van der Waals surface area contributed by atoms with Gasteiger partial charge in [0.05, 0.1) is 31.5 Å². The zero-order valence-electron chi connectivity index (χ0n) is 10.5. The zero-order valence-corrected chi connectivity index (χ0v) is 10.5. The highest BCUT2D eigenvalue weighted by molar-refractivity contribution is 5.36. The lowest BCUT2D eigenvalue weighted by molar-refractivity contribution is 0.0358. The van der Waals surface area contributed by atoms with E-state index in [0.29, 0.717) is 12.2 Å². The summed E-state index contributed by atoms with van der Waals surface area (Å²) in [6.07, 6.45) is 0.997. The van der Waals surface area contributed by atoms with E-state index in [2.05, 4.69) is 11.0 Å². The maximum Gasteiger partial charge on any atom is 0.120 e. The van der Waals surface area contributed by atoms with Gasteiger partial charge in [-0.15, -0.1) is 0 Å². The van der Waals surface area contributed by atoms with Crippen LogP contribution >= 0.6 is 0 Å². The highest BCUT2D eigenvalue weighted by atomic mass is 16.5. The molecular weight excluding hydrogens is 228 g/mol. The predicted molar refractivity (Wildman–Crippen MR) is 68.5 cm³/mol. The molecule has 0 bridgehead atoms. The van der Waals surface area contributed by atoms with Gasteiger partial charge in [0.2, 0.25) is 0 Å². The third-order valence-corrected chi connectivity index (χ3v) is 2.95. The quantitative estimate of drug-likeness (QED) is 0.741. The number of benzene rings is 1. The first-order chi connectivity index (χ1) is 8.88. The monoisotopic (exact) mass is 246 g/mol. The Labute approximate surface area is 108 Å². The summed E-state index contributed by atoms with van der Waals surface area (Å²) in [5.74, 6) is 0.774. The van der Waals surface area contributed by atoms with Gasteiger partial charge < -0.3 is 9.47 Å². The number of ether oxygens (including phenoxy) is 2. The summed E-state index contributed by atoms with van der Waals surface area (Å²) in [6.45, 7) is 5.44. The Balaban J connectivity index is 1.67. The molecule has 1 aliphatic rings. The molecule has 0 unspecified atom stereocenters. The summed E-state index contributed by atoms with van der Waals surface area (Å²) in [5.41, 5.74) is 0.640. The topological polar surface area (TPSA) is 45.5 Å². The lowest BCUT2D eigenvalue weighted by atomic mass is 10.2. The smallest absolute Gasteiger partial charge is 0.120 e. The SMILES string of the molecule is N#Cc1cccc(OCCCN2CCOCC2)c1. The second-order valence-corrected chi connectivity index (χ2v) is 4.30. The number of hydrogen-bond acceptors (Lipinski definition) is 4. The van der Waals surface area contributed by atoms with E-state index in [1.165, 1.54) is 0 Å². The van der Waals surface area contributed by atoms with E-state index in [1.807, 2.05) is 12.1 Å². The molecule has 0 aliphatic carbocycles. The van der Waals surface area contributed by atoms with Crippen LogP contribution in [0.4, 0.5) is 0 Å². The molecule has 0 atom stereocenters. The maximum atomic E-state index is 8.78. The highest BCUT2D eigenvalue weighted by Gasteiger charge is 2.09. The van der Waals surface area contributed by atoms with E-state index < -0.39 is 0 Å². The molecule has 1 aromatic rings. The Morgan fingerprint density at radius 2 is 2.17 bits per heavy atom. The standard InChI is InChI=1S/C14H18N2O2/c15-12-13-3-1-4-14(11-13)18-8-2-5-16-6-9-17-10-7-16/h1,3-4,11H,2,5-10H2. The van der Waals surface area contributed by atoms with Crippen molar-refractivity contribution in [3.05, 3.63) is 29.8 Å². The molecule has 1 aromatic carbocycles. The first-order valence-electron chi connectivity index (χ1n) is 6.31. The van der Waals surface area contributed by atoms with Gasteiger partial charge in [0.15, 0.2) is 0 Å². The molecule has 4 heteroatoms. The molecule has 1 fully saturated rings. The minimum Gasteiger partial charge on any atom is -0.494 e. The molecule has 0 spiro atoms. The van der Waals surface area contributed by atoms with Crippen molar-refractivity contribution in [2.75, 3.05) is 39.5 Å². The molecule has 1 saturated heterocycles. The number of hydrogen-bond donors (Lipinski definition) is 0. The Morgan fingerprint density at radius 3 is 2.94 bits per heavy atom. The first kappa shape index (κ1) is 12.9. The number of nitriles is 1. The largest absolute Gasteiger partial charge is 0.494 e. The van der Waals surface area contributed by atoms with E-state index in [4.69, 9.17) is 14.7 Å². The number of morpholine rings is 1. The van der Waals surface area contributed by atoms with Crippen molar-refractivity contribution in [3.63, 3.8) is 0 Å². The molecule has 0 aromatic heterocycles. The van der Waals surface area contributed by atoms with Gasteiger partial charge in [0.1, 0.15) is 5.75 Å². The van der Waals surface area contributed by atoms with Crippen LogP contribution < -0.4 is 4.74 Å². The third-order valence-electron chi connectivity index (χ3n) is 2.95. The summed E-state index contributed by atoms with van der Waals surface area (Å²) in [5, 5.41) is 8.78. The van der Waals surface area contributed by atoms with Gasteiger partial charge in [-0.25, -0.2) is 0 Å². The maximum absolute atomic E-state index is 8.78. The fraction of sp³-hybridized carbons (Fsp3) is 0.500. The minimum atomic E-state index is 0.640. The van der Waals surface area contributed by atoms with Crippen molar-refractivity contribution in [1.29, 1.82) is 5.26 Å². The molecule has 2 rings (SSSR count). The average Bonchev–Trinajstić information content (AvgIpc) is 2.45. The summed E-state index contributed by atoms with van der Waals surface area (Å²) in [6, 6.07) is 9.39. The van der Waals surface area contributed by atoms with Gasteiger partial charge in [-0.3, -0.25) is 4.90 Å². The van der Waals surface area contributed by atoms with Crippen LogP contribution in [-0.4, -0.2) is 44.4 Å². The second kappa shape index (κ2) is 7.00. The van der Waals surface area contributed by atoms with Crippen molar-refractivity contribution in [2.24, 2.45) is 0 Å². The van der Waals surface area contributed by atoms with Crippen LogP contribution in [0.25, 0.3) is 0 Å². The van der Waals surface area contributed by atoms with Crippen molar-refractivity contribution >= 4 is 0 Å². The Hall–Kier alpha value is -1.57. The molecule has 0 radical (unpaired) electrons. The number of rotatable bonds is 5. The van der Waals surface area contributed by atoms with E-state index in [9.17, 15) is 0 Å². The lowest BCUT2D eigenvalue weighted by Crippen LogP contribution is -2.37. The summed E-state index contributed by atoms with van der Waals surface area (Å²) in [7, 11) is 0. The van der Waals surface area contributed by atoms with Crippen LogP contribution in [0.1, 0.15) is 12.0 Å².